The molecule has 3 fully saturated rings. The van der Waals surface area contributed by atoms with Crippen LogP contribution in [0.25, 0.3) is 22.3 Å². The molecule has 0 radical (unpaired) electrons. The molecule has 37 heteroatoms. The van der Waals surface area contributed by atoms with Crippen LogP contribution in [0, 0.1) is 5.92 Å². The maximum Gasteiger partial charge on any atom is 0.508 e. The Balaban J connectivity index is 0.874. The summed E-state index contributed by atoms with van der Waals surface area (Å²) in [5.74, 6) is -2.70. The Bertz CT molecular complexity index is 3280. The van der Waals surface area contributed by atoms with E-state index in [9.17, 15) is 37.9 Å². The summed E-state index contributed by atoms with van der Waals surface area (Å²) in [6.07, 6.45) is -9.14. The van der Waals surface area contributed by atoms with Gasteiger partial charge in [0.2, 0.25) is 17.7 Å². The fourth-order valence-electron chi connectivity index (χ4n) is 8.85. The van der Waals surface area contributed by atoms with Gasteiger partial charge in [-0.05, 0) is 42.9 Å². The van der Waals surface area contributed by atoms with Gasteiger partial charge in [-0.2, -0.15) is 0 Å². The van der Waals surface area contributed by atoms with E-state index in [1.165, 1.54) is 33.9 Å². The number of benzene rings is 1. The number of nitrogens with zero attached hydrogens (tertiary/aromatic N) is 8. The fraction of sp³-hybridized carbons (Fsp3) is 0.522. The van der Waals surface area contributed by atoms with Crippen LogP contribution in [0.4, 0.5) is 31.3 Å². The summed E-state index contributed by atoms with van der Waals surface area (Å²) in [5, 5.41) is 10.5. The Morgan fingerprint density at radius 3 is 1.99 bits per heavy atom. The van der Waals surface area contributed by atoms with Crippen LogP contribution in [0.2, 0.25) is 0 Å². The highest BCUT2D eigenvalue weighted by atomic mass is 32.7. The summed E-state index contributed by atoms with van der Waals surface area (Å²) in [7, 11) is 0. The van der Waals surface area contributed by atoms with Crippen molar-refractivity contribution >= 4 is 114 Å². The molecule has 4 aromatic heterocycles. The van der Waals surface area contributed by atoms with E-state index in [4.69, 9.17) is 59.0 Å². The number of nitrogen functional groups attached to an aromatic ring is 2. The molecule has 12 atom stereocenters. The molecule has 10 N–H and O–H groups in total. The predicted molar refractivity (Wildman–Crippen MR) is 293 cm³/mol. The highest BCUT2D eigenvalue weighted by Gasteiger charge is 2.55. The van der Waals surface area contributed by atoms with Gasteiger partial charge in [0.05, 0.1) is 32.5 Å². The van der Waals surface area contributed by atoms with Crippen molar-refractivity contribution in [2.75, 3.05) is 43.1 Å². The monoisotopic (exact) mass is 1240 g/mol. The minimum absolute atomic E-state index is 0.00617. The number of esters is 1. The standard InChI is InChI=1S/C46H60FN15O17P2S2/c1-4-28(63)60-31(22(2)3)42(66)59-25(7-5-13-51-45(50)67)41(65)58-24-11-9-23(10-12-24)15-72-46(68)71-14-6-8-29(64)77-36-35-27(76-44(36)62-21-57-33-38(49)53-19-55-40(33)62)17-74-80(69,82)78-34-26(16-73-81(70,83)79-35)75-43(30(34)47)61-20-56-32-37(48)52-18-54-39(32)61/h9-12,18-22,25-27,30-31,34-36,43-44H,4-8,13-17H2,1-3H3,(H,58,65)(H,59,66)(H,60,63)(H,69,82)(H,70,83)(H2,48,52,54)(H2,49,53,55)(H3,50,51,67)/t25-,26+,27+,30+,31-,34+,35+,36+,43+,44+,80+,81+/m0/s1. The summed E-state index contributed by atoms with van der Waals surface area (Å²) < 4.78 is 98.6. The number of urea groups is 1. The van der Waals surface area contributed by atoms with Crippen LogP contribution in [-0.2, 0) is 76.7 Å². The van der Waals surface area contributed by atoms with Crippen molar-refractivity contribution in [1.29, 1.82) is 0 Å². The van der Waals surface area contributed by atoms with Gasteiger partial charge in [0.1, 0.15) is 66.8 Å². The Hall–Kier alpha value is -6.81. The molecule has 3 saturated heterocycles. The second-order valence-corrected chi connectivity index (χ2v) is 24.9. The van der Waals surface area contributed by atoms with E-state index in [-0.39, 0.29) is 97.7 Å². The van der Waals surface area contributed by atoms with Crippen LogP contribution in [-0.4, -0.2) is 150 Å². The molecule has 5 aromatic rings. The predicted octanol–water partition coefficient (Wildman–Crippen LogP) is 3.32. The topological polar surface area (TPSA) is 433 Å². The summed E-state index contributed by atoms with van der Waals surface area (Å²) in [6.45, 7) is -5.96. The molecule has 1 aromatic carbocycles. The lowest BCUT2D eigenvalue weighted by Gasteiger charge is -2.29. The second kappa shape index (κ2) is 27.3. The molecule has 450 valence electrons. The number of hydrogen-bond donors (Lipinski definition) is 9. The molecule has 8 rings (SSSR count). The number of nitrogens with two attached hydrogens (primary N) is 3. The number of ether oxygens (including phenoxy) is 5. The van der Waals surface area contributed by atoms with Gasteiger partial charge in [-0.3, -0.25) is 46.4 Å². The third-order valence-electron chi connectivity index (χ3n) is 13.0. The number of aromatic nitrogens is 8. The van der Waals surface area contributed by atoms with E-state index in [1.807, 2.05) is 0 Å². The zero-order valence-corrected chi connectivity index (χ0v) is 48.0. The lowest BCUT2D eigenvalue weighted by Crippen LogP contribution is -2.54. The highest BCUT2D eigenvalue weighted by Crippen LogP contribution is 2.60. The van der Waals surface area contributed by atoms with Crippen LogP contribution in [0.1, 0.15) is 70.9 Å². The van der Waals surface area contributed by atoms with Crippen molar-refractivity contribution in [3.8, 4) is 0 Å². The number of nitrogens with one attached hydrogen (secondary N) is 4. The number of hydrogen-bond acceptors (Lipinski definition) is 25. The molecule has 0 spiro atoms. The Morgan fingerprint density at radius 2 is 1.39 bits per heavy atom. The first-order valence-corrected chi connectivity index (χ1v) is 31.0. The van der Waals surface area contributed by atoms with Gasteiger partial charge in [0.25, 0.3) is 0 Å². The number of primary amides is 1. The molecular formula is C46H60FN15O17P2S2. The van der Waals surface area contributed by atoms with Gasteiger partial charge < -0.3 is 62.2 Å². The smallest absolute Gasteiger partial charge is 0.455 e. The molecule has 0 bridgehead atoms. The quantitative estimate of drug-likeness (QED) is 0.0233. The van der Waals surface area contributed by atoms with Crippen LogP contribution in [0.5, 0.6) is 0 Å². The van der Waals surface area contributed by atoms with E-state index in [0.717, 1.165) is 12.7 Å². The molecule has 7 heterocycles. The molecule has 83 heavy (non-hydrogen) atoms. The van der Waals surface area contributed by atoms with Crippen molar-refractivity contribution < 1.29 is 84.1 Å². The van der Waals surface area contributed by atoms with Crippen molar-refractivity contribution in [3.05, 3.63) is 55.1 Å². The first-order chi connectivity index (χ1) is 39.5. The number of carbonyl (C=O) groups excluding carboxylic acids is 6. The average molecular weight is 1240 g/mol. The van der Waals surface area contributed by atoms with Crippen LogP contribution in [0.3, 0.4) is 0 Å². The third-order valence-corrected chi connectivity index (χ3v) is 16.2. The van der Waals surface area contributed by atoms with Crippen LogP contribution < -0.4 is 38.5 Å². The van der Waals surface area contributed by atoms with Crippen molar-refractivity contribution in [1.82, 2.24) is 55.0 Å². The van der Waals surface area contributed by atoms with E-state index in [0.29, 0.717) is 11.3 Å². The minimum Gasteiger partial charge on any atom is -0.455 e. The van der Waals surface area contributed by atoms with Crippen molar-refractivity contribution in [3.63, 3.8) is 0 Å². The number of rotatable bonds is 20. The van der Waals surface area contributed by atoms with E-state index >= 15 is 4.39 Å². The van der Waals surface area contributed by atoms with Crippen LogP contribution in [0.15, 0.2) is 49.6 Å². The molecule has 3 aliphatic rings. The average Bonchev–Trinajstić information content (AvgIpc) is 3.31. The van der Waals surface area contributed by atoms with Gasteiger partial charge in [-0.25, -0.2) is 53.0 Å². The second-order valence-electron chi connectivity index (χ2n) is 19.2. The molecule has 32 nitrogen and oxygen atoms in total. The Morgan fingerprint density at radius 1 is 0.795 bits per heavy atom. The Kier molecular flexibility index (Phi) is 20.5. The lowest BCUT2D eigenvalue weighted by molar-refractivity contribution is -0.158. The van der Waals surface area contributed by atoms with E-state index in [1.54, 1.807) is 32.9 Å². The van der Waals surface area contributed by atoms with E-state index < -0.39 is 118 Å². The maximum atomic E-state index is 16.4. The molecule has 0 aliphatic carbocycles. The SMILES string of the molecule is CCC(=O)N[C@H](C(=O)N[C@@H](CCCNC(N)=O)C(=O)Nc1ccc(COC(=O)OCCCC(=O)O[C@@H]2[C@@H]3O[P@](=O)(S)OC[C@H]4O[C@@H](n5cnc6c(N)ncnc65)[C@H](F)[C@@H]4O[P@](=O)(S)OC[C@H]3O[C@H]2n2cnc3c(N)ncnc32)cc1)C(C)C. The number of carbonyl (C=O) groups is 6. The first-order valence-electron chi connectivity index (χ1n) is 25.7. The number of halogens is 1. The highest BCUT2D eigenvalue weighted by molar-refractivity contribution is 8.44. The third kappa shape index (κ3) is 15.7. The van der Waals surface area contributed by atoms with Crippen molar-refractivity contribution in [2.24, 2.45) is 11.7 Å². The lowest BCUT2D eigenvalue weighted by atomic mass is 10.0. The molecular weight excluding hydrogens is 1180 g/mol. The molecule has 3 aliphatic heterocycles. The summed E-state index contributed by atoms with van der Waals surface area (Å²) in [4.78, 5) is 101. The Labute approximate surface area is 481 Å². The summed E-state index contributed by atoms with van der Waals surface area (Å²) in [5.41, 5.74) is 18.4. The summed E-state index contributed by atoms with van der Waals surface area (Å²) >= 11 is 8.32. The zero-order valence-electron chi connectivity index (χ0n) is 44.5. The first kappa shape index (κ1) is 62.2. The summed E-state index contributed by atoms with van der Waals surface area (Å²) in [6, 6.07) is 3.46. The normalized spacial score (nSPS) is 26.1. The number of alkyl halides is 1. The molecule has 5 amide bonds. The minimum atomic E-state index is -4.60. The van der Waals surface area contributed by atoms with Gasteiger partial charge in [-0.1, -0.05) is 57.4 Å². The fourth-order valence-corrected chi connectivity index (χ4v) is 11.8. The van der Waals surface area contributed by atoms with Gasteiger partial charge in [0, 0.05) is 25.1 Å². The van der Waals surface area contributed by atoms with Gasteiger partial charge in [0.15, 0.2) is 47.7 Å². The molecule has 0 saturated carbocycles. The van der Waals surface area contributed by atoms with Gasteiger partial charge in [-0.15, -0.1) is 0 Å². The maximum absolute atomic E-state index is 16.4. The van der Waals surface area contributed by atoms with Crippen molar-refractivity contribution in [2.45, 2.75) is 121 Å². The largest absolute Gasteiger partial charge is 0.508 e. The number of anilines is 3. The van der Waals surface area contributed by atoms with E-state index in [2.05, 4.69) is 75.7 Å². The zero-order chi connectivity index (χ0) is 59.8. The van der Waals surface area contributed by atoms with Crippen LogP contribution >= 0.6 is 38.1 Å². The number of fused-ring (bicyclic) bond motifs is 4. The molecule has 0 unspecified atom stereocenters. The van der Waals surface area contributed by atoms with Gasteiger partial charge >= 0.3 is 31.8 Å². The number of thiol groups is 2. The number of imidazole rings is 2. The number of amides is 5.